The van der Waals surface area contributed by atoms with Gasteiger partial charge in [0.05, 0.1) is 11.5 Å². The molecule has 0 unspecified atom stereocenters. The molecule has 1 amide bonds. The summed E-state index contributed by atoms with van der Waals surface area (Å²) in [7, 11) is 0. The number of carboxylic acids is 1. The number of nitro groups is 1. The third-order valence-corrected chi connectivity index (χ3v) is 3.85. The van der Waals surface area contributed by atoms with Gasteiger partial charge in [-0.2, -0.15) is 0 Å². The zero-order valence-corrected chi connectivity index (χ0v) is 14.8. The van der Waals surface area contributed by atoms with Gasteiger partial charge in [0.25, 0.3) is 11.6 Å². The maximum Gasteiger partial charge on any atom is 0.303 e. The summed E-state index contributed by atoms with van der Waals surface area (Å²) in [6.07, 6.45) is 0.470. The van der Waals surface area contributed by atoms with E-state index in [9.17, 15) is 19.7 Å². The van der Waals surface area contributed by atoms with Crippen LogP contribution in [0.2, 0.25) is 0 Å². The lowest BCUT2D eigenvalue weighted by atomic mass is 10.1. The Morgan fingerprint density at radius 3 is 2.52 bits per heavy atom. The van der Waals surface area contributed by atoms with Gasteiger partial charge in [0.1, 0.15) is 11.3 Å². The van der Waals surface area contributed by atoms with E-state index in [1.165, 1.54) is 6.07 Å². The van der Waals surface area contributed by atoms with Crippen molar-refractivity contribution in [3.05, 3.63) is 69.3 Å². The number of ether oxygens (including phenoxy) is 1. The van der Waals surface area contributed by atoms with Crippen molar-refractivity contribution in [1.82, 2.24) is 5.32 Å². The standard InChI is InChI=1S/C19H20N2O6/c1-13-4-2-5-16(21(25)26)18(13)19(24)20-12-14-7-9-15(10-8-14)27-11-3-6-17(22)23/h2,4-5,7-10H,3,6,11-12H2,1H3,(H,20,24)(H,22,23). The van der Waals surface area contributed by atoms with Gasteiger partial charge in [0.2, 0.25) is 0 Å². The van der Waals surface area contributed by atoms with Crippen LogP contribution in [0.25, 0.3) is 0 Å². The van der Waals surface area contributed by atoms with Crippen LogP contribution in [-0.4, -0.2) is 28.5 Å². The first-order chi connectivity index (χ1) is 12.9. The molecule has 2 aromatic rings. The molecule has 0 atom stereocenters. The lowest BCUT2D eigenvalue weighted by Gasteiger charge is -2.09. The Kier molecular flexibility index (Phi) is 6.87. The van der Waals surface area contributed by atoms with E-state index in [4.69, 9.17) is 9.84 Å². The molecule has 0 aliphatic rings. The minimum Gasteiger partial charge on any atom is -0.494 e. The fourth-order valence-corrected chi connectivity index (χ4v) is 2.49. The average Bonchev–Trinajstić information content (AvgIpc) is 2.63. The maximum absolute atomic E-state index is 12.4. The van der Waals surface area contributed by atoms with Crippen molar-refractivity contribution in [3.63, 3.8) is 0 Å². The number of rotatable bonds is 9. The van der Waals surface area contributed by atoms with Gasteiger partial charge in [0.15, 0.2) is 0 Å². The smallest absolute Gasteiger partial charge is 0.303 e. The number of nitro benzene ring substituents is 1. The fraction of sp³-hybridized carbons (Fsp3) is 0.263. The number of aryl methyl sites for hydroxylation is 1. The molecule has 142 valence electrons. The number of benzene rings is 2. The SMILES string of the molecule is Cc1cccc([N+](=O)[O-])c1C(=O)NCc1ccc(OCCCC(=O)O)cc1. The number of carboxylic acid groups (broad SMARTS) is 1. The van der Waals surface area contributed by atoms with Crippen molar-refractivity contribution < 1.29 is 24.4 Å². The van der Waals surface area contributed by atoms with Crippen LogP contribution in [0.15, 0.2) is 42.5 Å². The van der Waals surface area contributed by atoms with E-state index in [0.717, 1.165) is 5.56 Å². The van der Waals surface area contributed by atoms with E-state index in [1.54, 1.807) is 43.3 Å². The Bertz CT molecular complexity index is 833. The van der Waals surface area contributed by atoms with Crippen LogP contribution in [0.5, 0.6) is 5.75 Å². The molecule has 0 saturated carbocycles. The van der Waals surface area contributed by atoms with Crippen molar-refractivity contribution >= 4 is 17.6 Å². The Hall–Kier alpha value is -3.42. The van der Waals surface area contributed by atoms with E-state index in [2.05, 4.69) is 5.32 Å². The molecule has 8 heteroatoms. The predicted molar refractivity (Wildman–Crippen MR) is 97.8 cm³/mol. The number of carbonyl (C=O) groups is 2. The van der Waals surface area contributed by atoms with Gasteiger partial charge in [-0.25, -0.2) is 0 Å². The zero-order chi connectivity index (χ0) is 19.8. The van der Waals surface area contributed by atoms with Crippen molar-refractivity contribution in [1.29, 1.82) is 0 Å². The molecule has 0 bridgehead atoms. The molecule has 0 heterocycles. The van der Waals surface area contributed by atoms with E-state index in [0.29, 0.717) is 24.3 Å². The summed E-state index contributed by atoms with van der Waals surface area (Å²) in [6, 6.07) is 11.5. The third-order valence-electron chi connectivity index (χ3n) is 3.85. The number of nitrogens with one attached hydrogen (secondary N) is 1. The maximum atomic E-state index is 12.4. The molecule has 8 nitrogen and oxygen atoms in total. The van der Waals surface area contributed by atoms with Gasteiger partial charge in [-0.05, 0) is 36.6 Å². The summed E-state index contributed by atoms with van der Waals surface area (Å²) in [6.45, 7) is 2.17. The topological polar surface area (TPSA) is 119 Å². The van der Waals surface area contributed by atoms with Crippen LogP contribution in [0.4, 0.5) is 5.69 Å². The quantitative estimate of drug-likeness (QED) is 0.397. The van der Waals surface area contributed by atoms with E-state index < -0.39 is 16.8 Å². The van der Waals surface area contributed by atoms with Gasteiger partial charge in [-0.3, -0.25) is 19.7 Å². The van der Waals surface area contributed by atoms with Crippen molar-refractivity contribution in [2.75, 3.05) is 6.61 Å². The van der Waals surface area contributed by atoms with Crippen LogP contribution in [0.3, 0.4) is 0 Å². The summed E-state index contributed by atoms with van der Waals surface area (Å²) >= 11 is 0. The number of carbonyl (C=O) groups excluding carboxylic acids is 1. The fourth-order valence-electron chi connectivity index (χ4n) is 2.49. The van der Waals surface area contributed by atoms with Crippen LogP contribution >= 0.6 is 0 Å². The molecular formula is C19H20N2O6. The summed E-state index contributed by atoms with van der Waals surface area (Å²) in [4.78, 5) is 33.4. The molecule has 0 aliphatic carbocycles. The summed E-state index contributed by atoms with van der Waals surface area (Å²) in [5.41, 5.74) is 1.17. The highest BCUT2D eigenvalue weighted by Crippen LogP contribution is 2.22. The van der Waals surface area contributed by atoms with Crippen LogP contribution in [0, 0.1) is 17.0 Å². The molecule has 0 aromatic heterocycles. The molecule has 2 N–H and O–H groups in total. The number of nitrogens with zero attached hydrogens (tertiary/aromatic N) is 1. The largest absolute Gasteiger partial charge is 0.494 e. The molecule has 2 aromatic carbocycles. The van der Waals surface area contributed by atoms with Crippen molar-refractivity contribution in [3.8, 4) is 5.75 Å². The Morgan fingerprint density at radius 2 is 1.89 bits per heavy atom. The van der Waals surface area contributed by atoms with E-state index in [1.807, 2.05) is 0 Å². The monoisotopic (exact) mass is 372 g/mol. The van der Waals surface area contributed by atoms with Crippen molar-refractivity contribution in [2.45, 2.75) is 26.3 Å². The molecule has 2 rings (SSSR count). The molecule has 0 spiro atoms. The first kappa shape index (κ1) is 19.9. The first-order valence-corrected chi connectivity index (χ1v) is 8.34. The highest BCUT2D eigenvalue weighted by molar-refractivity contribution is 5.99. The van der Waals surface area contributed by atoms with Gasteiger partial charge >= 0.3 is 5.97 Å². The Labute approximate surface area is 155 Å². The minimum absolute atomic E-state index is 0.0507. The molecule has 0 aliphatic heterocycles. The molecule has 0 radical (unpaired) electrons. The van der Waals surface area contributed by atoms with Crippen LogP contribution < -0.4 is 10.1 Å². The normalized spacial score (nSPS) is 10.3. The van der Waals surface area contributed by atoms with Gasteiger partial charge in [-0.1, -0.05) is 24.3 Å². The molecule has 0 saturated heterocycles. The lowest BCUT2D eigenvalue weighted by molar-refractivity contribution is -0.385. The highest BCUT2D eigenvalue weighted by atomic mass is 16.6. The molecular weight excluding hydrogens is 352 g/mol. The van der Waals surface area contributed by atoms with Gasteiger partial charge < -0.3 is 15.2 Å². The summed E-state index contributed by atoms with van der Waals surface area (Å²) < 4.78 is 5.44. The van der Waals surface area contributed by atoms with E-state index in [-0.39, 0.29) is 24.2 Å². The highest BCUT2D eigenvalue weighted by Gasteiger charge is 2.21. The minimum atomic E-state index is -0.862. The summed E-state index contributed by atoms with van der Waals surface area (Å²) in [5, 5.41) is 22.4. The third kappa shape index (κ3) is 5.81. The number of hydrogen-bond donors (Lipinski definition) is 2. The van der Waals surface area contributed by atoms with E-state index >= 15 is 0 Å². The zero-order valence-electron chi connectivity index (χ0n) is 14.8. The number of aliphatic carboxylic acids is 1. The summed E-state index contributed by atoms with van der Waals surface area (Å²) in [5.74, 6) is -0.766. The Balaban J connectivity index is 1.92. The molecule has 0 fully saturated rings. The first-order valence-electron chi connectivity index (χ1n) is 8.34. The predicted octanol–water partition coefficient (Wildman–Crippen LogP) is 3.08. The van der Waals surface area contributed by atoms with Crippen LogP contribution in [-0.2, 0) is 11.3 Å². The Morgan fingerprint density at radius 1 is 1.19 bits per heavy atom. The number of hydrogen-bond acceptors (Lipinski definition) is 5. The number of amides is 1. The second-order valence-corrected chi connectivity index (χ2v) is 5.90. The van der Waals surface area contributed by atoms with Crippen LogP contribution in [0.1, 0.15) is 34.3 Å². The second kappa shape index (κ2) is 9.33. The second-order valence-electron chi connectivity index (χ2n) is 5.90. The average molecular weight is 372 g/mol. The molecule has 27 heavy (non-hydrogen) atoms. The van der Waals surface area contributed by atoms with Gasteiger partial charge in [-0.15, -0.1) is 0 Å². The van der Waals surface area contributed by atoms with Gasteiger partial charge in [0, 0.05) is 19.0 Å². The van der Waals surface area contributed by atoms with Crippen molar-refractivity contribution in [2.24, 2.45) is 0 Å². The lowest BCUT2D eigenvalue weighted by Crippen LogP contribution is -2.24.